The van der Waals surface area contributed by atoms with Crippen molar-refractivity contribution < 1.29 is 4.57 Å². The van der Waals surface area contributed by atoms with E-state index in [1.165, 1.54) is 219 Å². The molecule has 1 aromatic rings. The molecule has 2 heteroatoms. The third-order valence-electron chi connectivity index (χ3n) is 9.60. The maximum atomic E-state index is 2.64. The summed E-state index contributed by atoms with van der Waals surface area (Å²) in [5, 5.41) is 0. The third kappa shape index (κ3) is 23.6. The van der Waals surface area contributed by atoms with Gasteiger partial charge in [0, 0.05) is 6.42 Å². The quantitative estimate of drug-likeness (QED) is 0.0560. The van der Waals surface area contributed by atoms with E-state index in [0.29, 0.717) is 0 Å². The van der Waals surface area contributed by atoms with Crippen molar-refractivity contribution in [2.45, 2.75) is 239 Å². The van der Waals surface area contributed by atoms with E-state index in [2.05, 4.69) is 42.3 Å². The van der Waals surface area contributed by atoms with Crippen LogP contribution in [0, 0.1) is 0 Å². The van der Waals surface area contributed by atoms with Crippen LogP contribution in [0.15, 0.2) is 12.4 Å². The number of rotatable bonds is 34. The van der Waals surface area contributed by atoms with Gasteiger partial charge in [-0.2, -0.15) is 0 Å². The number of hydrogen-bond donors (Lipinski definition) is 0. The first-order valence-electron chi connectivity index (χ1n) is 19.9. The second kappa shape index (κ2) is 31.6. The second-order valence-corrected chi connectivity index (χ2v) is 13.8. The van der Waals surface area contributed by atoms with Crippen LogP contribution in [0.4, 0.5) is 0 Å². The summed E-state index contributed by atoms with van der Waals surface area (Å²) in [7, 11) is 0. The first-order chi connectivity index (χ1) is 20.8. The molecule has 1 aromatic heterocycles. The van der Waals surface area contributed by atoms with Gasteiger partial charge in [-0.3, -0.25) is 0 Å². The molecule has 0 N–H and O–H groups in total. The highest BCUT2D eigenvalue weighted by Gasteiger charge is 2.16. The molecule has 0 aliphatic heterocycles. The molecule has 0 saturated heterocycles. The van der Waals surface area contributed by atoms with E-state index in [9.17, 15) is 0 Å². The molecule has 0 spiro atoms. The van der Waals surface area contributed by atoms with E-state index in [-0.39, 0.29) is 0 Å². The Labute approximate surface area is 266 Å². The van der Waals surface area contributed by atoms with Crippen LogP contribution >= 0.6 is 0 Å². The molecule has 0 saturated carbocycles. The maximum Gasteiger partial charge on any atom is 0.256 e. The molecule has 0 amide bonds. The largest absolute Gasteiger partial charge is 0.256 e. The van der Waals surface area contributed by atoms with Gasteiger partial charge in [-0.1, -0.05) is 188 Å². The Kier molecular flexibility index (Phi) is 29.5. The average Bonchev–Trinajstić information content (AvgIpc) is 3.38. The predicted octanol–water partition coefficient (Wildman–Crippen LogP) is 13.5. The van der Waals surface area contributed by atoms with Gasteiger partial charge in [-0.25, -0.2) is 9.13 Å². The molecule has 0 unspecified atom stereocenters. The first-order valence-corrected chi connectivity index (χ1v) is 19.9. The molecule has 0 fully saturated rings. The van der Waals surface area contributed by atoms with Crippen molar-refractivity contribution >= 4 is 0 Å². The lowest BCUT2D eigenvalue weighted by atomic mass is 10.0. The summed E-state index contributed by atoms with van der Waals surface area (Å²) in [5.41, 5.74) is 0. The van der Waals surface area contributed by atoms with Crippen molar-refractivity contribution in [3.63, 3.8) is 0 Å². The summed E-state index contributed by atoms with van der Waals surface area (Å²) in [4.78, 5) is 0. The fourth-order valence-electron chi connectivity index (χ4n) is 6.68. The van der Waals surface area contributed by atoms with Crippen molar-refractivity contribution in [3.8, 4) is 0 Å². The molecule has 1 rings (SSSR count). The molecule has 0 aromatic carbocycles. The van der Waals surface area contributed by atoms with Crippen molar-refractivity contribution in [3.05, 3.63) is 18.2 Å². The Balaban J connectivity index is 2.31. The molecule has 0 aliphatic carbocycles. The molecule has 0 radical (unpaired) electrons. The Hall–Kier alpha value is -0.790. The number of hydrogen-bond acceptors (Lipinski definition) is 0. The zero-order valence-corrected chi connectivity index (χ0v) is 29.6. The van der Waals surface area contributed by atoms with Crippen LogP contribution in [0.1, 0.15) is 226 Å². The van der Waals surface area contributed by atoms with Crippen LogP contribution in [0.5, 0.6) is 0 Å². The highest BCUT2D eigenvalue weighted by atomic mass is 15.1. The van der Waals surface area contributed by atoms with Crippen LogP contribution in [-0.4, -0.2) is 4.57 Å². The van der Waals surface area contributed by atoms with Crippen molar-refractivity contribution in [2.75, 3.05) is 0 Å². The summed E-state index contributed by atoms with van der Waals surface area (Å²) in [6, 6.07) is 0. The Morgan fingerprint density at radius 1 is 0.405 bits per heavy atom. The lowest BCUT2D eigenvalue weighted by molar-refractivity contribution is -0.704. The van der Waals surface area contributed by atoms with Crippen LogP contribution in [0.25, 0.3) is 0 Å². The van der Waals surface area contributed by atoms with Crippen molar-refractivity contribution in [2.24, 2.45) is 0 Å². The topological polar surface area (TPSA) is 8.81 Å². The highest BCUT2D eigenvalue weighted by molar-refractivity contribution is 4.84. The molecule has 42 heavy (non-hydrogen) atoms. The summed E-state index contributed by atoms with van der Waals surface area (Å²) in [6.45, 7) is 9.40. The normalized spacial score (nSPS) is 11.6. The first kappa shape index (κ1) is 39.2. The van der Waals surface area contributed by atoms with Crippen molar-refractivity contribution in [1.29, 1.82) is 0 Å². The fraction of sp³-hybridized carbons (Fsp3) is 0.925. The SMILES string of the molecule is CCCCCCCCCCCCCCc1n(CCCCCCCCCCCC)cc[n+]1CCCCCCCCCCC. The van der Waals surface area contributed by atoms with Gasteiger partial charge in [0.15, 0.2) is 0 Å². The molecule has 0 aliphatic rings. The number of aryl methyl sites for hydroxylation is 2. The van der Waals surface area contributed by atoms with Gasteiger partial charge in [0.2, 0.25) is 0 Å². The van der Waals surface area contributed by atoms with Crippen LogP contribution < -0.4 is 4.57 Å². The average molecular weight is 588 g/mol. The third-order valence-corrected chi connectivity index (χ3v) is 9.60. The smallest absolute Gasteiger partial charge is 0.234 e. The molecule has 0 bridgehead atoms. The molecular formula is C40H79N2+. The van der Waals surface area contributed by atoms with E-state index < -0.39 is 0 Å². The number of aromatic nitrogens is 2. The monoisotopic (exact) mass is 588 g/mol. The molecule has 248 valence electrons. The second-order valence-electron chi connectivity index (χ2n) is 13.8. The molecular weight excluding hydrogens is 508 g/mol. The van der Waals surface area contributed by atoms with E-state index >= 15 is 0 Å². The van der Waals surface area contributed by atoms with Crippen LogP contribution in [-0.2, 0) is 19.5 Å². The Morgan fingerprint density at radius 2 is 0.738 bits per heavy atom. The van der Waals surface area contributed by atoms with Crippen molar-refractivity contribution in [1.82, 2.24) is 4.57 Å². The highest BCUT2D eigenvalue weighted by Crippen LogP contribution is 2.15. The minimum absolute atomic E-state index is 1.23. The van der Waals surface area contributed by atoms with E-state index in [1.54, 1.807) is 5.82 Å². The maximum absolute atomic E-state index is 2.64. The lowest BCUT2D eigenvalue weighted by Gasteiger charge is -2.07. The minimum atomic E-state index is 1.23. The van der Waals surface area contributed by atoms with Crippen LogP contribution in [0.3, 0.4) is 0 Å². The number of unbranched alkanes of at least 4 members (excludes halogenated alkanes) is 28. The molecule has 2 nitrogen and oxygen atoms in total. The van der Waals surface area contributed by atoms with Gasteiger partial charge in [0.05, 0.1) is 13.1 Å². The standard InChI is InChI=1S/C40H79N2/c1-4-7-10-13-16-19-21-22-23-26-29-32-35-40-41(36-33-30-27-24-18-15-12-9-6-3)38-39-42(40)37-34-31-28-25-20-17-14-11-8-5-2/h38-39H,4-37H2,1-3H3/q+1. The molecule has 1 heterocycles. The van der Waals surface area contributed by atoms with Gasteiger partial charge in [-0.05, 0) is 32.1 Å². The fourth-order valence-corrected chi connectivity index (χ4v) is 6.68. The Morgan fingerprint density at radius 3 is 1.14 bits per heavy atom. The molecule has 0 atom stereocenters. The van der Waals surface area contributed by atoms with E-state index in [1.807, 2.05) is 0 Å². The van der Waals surface area contributed by atoms with E-state index in [4.69, 9.17) is 0 Å². The summed E-state index contributed by atoms with van der Waals surface area (Å²) in [6.07, 6.45) is 50.4. The zero-order chi connectivity index (χ0) is 30.2. The predicted molar refractivity (Wildman–Crippen MR) is 188 cm³/mol. The van der Waals surface area contributed by atoms with Gasteiger partial charge >= 0.3 is 0 Å². The van der Waals surface area contributed by atoms with E-state index in [0.717, 1.165) is 0 Å². The summed E-state index contributed by atoms with van der Waals surface area (Å²) in [5.74, 6) is 1.62. The Bertz CT molecular complexity index is 648. The number of nitrogens with zero attached hydrogens (tertiary/aromatic N) is 2. The zero-order valence-electron chi connectivity index (χ0n) is 29.6. The van der Waals surface area contributed by atoms with Gasteiger partial charge in [0.25, 0.3) is 5.82 Å². The summed E-state index contributed by atoms with van der Waals surface area (Å²) < 4.78 is 5.27. The van der Waals surface area contributed by atoms with Gasteiger partial charge in [0.1, 0.15) is 12.4 Å². The van der Waals surface area contributed by atoms with Crippen LogP contribution in [0.2, 0.25) is 0 Å². The minimum Gasteiger partial charge on any atom is -0.234 e. The lowest BCUT2D eigenvalue weighted by Crippen LogP contribution is -2.37. The van der Waals surface area contributed by atoms with Gasteiger partial charge in [-0.15, -0.1) is 0 Å². The van der Waals surface area contributed by atoms with Gasteiger partial charge < -0.3 is 0 Å². The number of imidazole rings is 1. The summed E-state index contributed by atoms with van der Waals surface area (Å²) >= 11 is 0.